The van der Waals surface area contributed by atoms with E-state index in [2.05, 4.69) is 50.5 Å². The van der Waals surface area contributed by atoms with Crippen molar-refractivity contribution in [3.05, 3.63) is 30.1 Å². The lowest BCUT2D eigenvalue weighted by Gasteiger charge is -2.28. The molecule has 2 aliphatic heterocycles. The van der Waals surface area contributed by atoms with E-state index in [0.717, 1.165) is 49.3 Å². The summed E-state index contributed by atoms with van der Waals surface area (Å²) in [7, 11) is 0. The number of amides is 2. The Balaban J connectivity index is 1.60. The third-order valence-electron chi connectivity index (χ3n) is 6.21. The fraction of sp³-hybridized carbons (Fsp3) is 0.625. The predicted octanol–water partition coefficient (Wildman–Crippen LogP) is 3.86. The number of fused-ring (bicyclic) bond motifs is 1. The number of nitrogens with zero attached hydrogens (tertiary/aromatic N) is 4. The maximum absolute atomic E-state index is 13.5. The number of rotatable bonds is 6. The lowest BCUT2D eigenvalue weighted by molar-refractivity contribution is -0.137. The highest BCUT2D eigenvalue weighted by molar-refractivity contribution is 5.89. The van der Waals surface area contributed by atoms with Gasteiger partial charge in [-0.1, -0.05) is 39.8 Å². The van der Waals surface area contributed by atoms with E-state index in [1.807, 2.05) is 15.9 Å². The zero-order valence-corrected chi connectivity index (χ0v) is 18.7. The molecule has 6 heteroatoms. The van der Waals surface area contributed by atoms with Gasteiger partial charge in [0.15, 0.2) is 0 Å². The van der Waals surface area contributed by atoms with Crippen molar-refractivity contribution in [3.8, 4) is 0 Å². The third kappa shape index (κ3) is 3.96. The van der Waals surface area contributed by atoms with Gasteiger partial charge in [-0.05, 0) is 36.8 Å². The zero-order chi connectivity index (χ0) is 21.4. The van der Waals surface area contributed by atoms with E-state index in [1.54, 1.807) is 0 Å². The maximum atomic E-state index is 13.5. The molecular formula is C24H34N4O2. The Morgan fingerprint density at radius 1 is 1.13 bits per heavy atom. The molecule has 1 unspecified atom stereocenters. The normalized spacial score (nSPS) is 22.3. The van der Waals surface area contributed by atoms with Crippen molar-refractivity contribution < 1.29 is 9.59 Å². The highest BCUT2D eigenvalue weighted by Gasteiger charge is 2.41. The molecule has 2 fully saturated rings. The van der Waals surface area contributed by atoms with E-state index in [-0.39, 0.29) is 23.8 Å². The van der Waals surface area contributed by atoms with Gasteiger partial charge in [0.25, 0.3) is 0 Å². The van der Waals surface area contributed by atoms with Crippen molar-refractivity contribution >= 4 is 22.8 Å². The topological polar surface area (TPSA) is 58.4 Å². The largest absolute Gasteiger partial charge is 0.342 e. The van der Waals surface area contributed by atoms with Gasteiger partial charge in [-0.25, -0.2) is 4.98 Å². The summed E-state index contributed by atoms with van der Waals surface area (Å²) >= 11 is 0. The molecule has 30 heavy (non-hydrogen) atoms. The van der Waals surface area contributed by atoms with Crippen molar-refractivity contribution in [2.75, 3.05) is 19.6 Å². The van der Waals surface area contributed by atoms with Crippen LogP contribution in [0.5, 0.6) is 0 Å². The number of imidazole rings is 1. The van der Waals surface area contributed by atoms with Crippen LogP contribution < -0.4 is 0 Å². The number of hydrogen-bond acceptors (Lipinski definition) is 3. The maximum Gasteiger partial charge on any atom is 0.228 e. The van der Waals surface area contributed by atoms with E-state index in [0.29, 0.717) is 24.8 Å². The van der Waals surface area contributed by atoms with E-state index in [9.17, 15) is 9.59 Å². The number of benzene rings is 1. The molecule has 0 aliphatic carbocycles. The quantitative estimate of drug-likeness (QED) is 0.727. The van der Waals surface area contributed by atoms with E-state index >= 15 is 0 Å². The fourth-order valence-electron chi connectivity index (χ4n) is 4.99. The van der Waals surface area contributed by atoms with Crippen molar-refractivity contribution in [1.29, 1.82) is 0 Å². The number of carbonyl (C=O) groups is 2. The summed E-state index contributed by atoms with van der Waals surface area (Å²) in [5, 5.41) is 0. The monoisotopic (exact) mass is 410 g/mol. The fourth-order valence-corrected chi connectivity index (χ4v) is 4.99. The number of aromatic nitrogens is 2. The Labute approximate surface area is 179 Å². The molecule has 1 aromatic carbocycles. The molecule has 1 aromatic heterocycles. The van der Waals surface area contributed by atoms with Crippen LogP contribution in [0, 0.1) is 17.8 Å². The lowest BCUT2D eigenvalue weighted by Crippen LogP contribution is -2.38. The molecule has 4 rings (SSSR count). The SMILES string of the molecule is CC(C)CN1CC(C(=O)N2CCC[C@H]2c2nc3ccccc3n2CC(C)C)CC1=O. The van der Waals surface area contributed by atoms with Gasteiger partial charge < -0.3 is 14.4 Å². The van der Waals surface area contributed by atoms with Gasteiger partial charge in [0.05, 0.1) is 23.0 Å². The Morgan fingerprint density at radius 3 is 2.60 bits per heavy atom. The van der Waals surface area contributed by atoms with Crippen LogP contribution in [0.2, 0.25) is 0 Å². The molecule has 6 nitrogen and oxygen atoms in total. The summed E-state index contributed by atoms with van der Waals surface area (Å²) < 4.78 is 2.31. The summed E-state index contributed by atoms with van der Waals surface area (Å²) in [4.78, 5) is 34.7. The Kier molecular flexibility index (Phi) is 5.85. The van der Waals surface area contributed by atoms with E-state index in [1.165, 1.54) is 0 Å². The Morgan fingerprint density at radius 2 is 1.87 bits per heavy atom. The number of likely N-dealkylation sites (tertiary alicyclic amines) is 2. The van der Waals surface area contributed by atoms with E-state index in [4.69, 9.17) is 4.98 Å². The van der Waals surface area contributed by atoms with Crippen LogP contribution in [0.25, 0.3) is 11.0 Å². The second-order valence-corrected chi connectivity index (χ2v) is 9.75. The smallest absolute Gasteiger partial charge is 0.228 e. The highest BCUT2D eigenvalue weighted by Crippen LogP contribution is 2.36. The second-order valence-electron chi connectivity index (χ2n) is 9.75. The van der Waals surface area contributed by atoms with Crippen LogP contribution >= 0.6 is 0 Å². The predicted molar refractivity (Wildman–Crippen MR) is 118 cm³/mol. The van der Waals surface area contributed by atoms with Gasteiger partial charge >= 0.3 is 0 Å². The van der Waals surface area contributed by atoms with Crippen LogP contribution in [0.1, 0.15) is 58.8 Å². The first-order valence-electron chi connectivity index (χ1n) is 11.4. The summed E-state index contributed by atoms with van der Waals surface area (Å²) in [6.07, 6.45) is 2.26. The molecule has 0 N–H and O–H groups in total. The molecule has 0 spiro atoms. The molecule has 0 saturated carbocycles. The number of carbonyl (C=O) groups excluding carboxylic acids is 2. The average molecular weight is 411 g/mol. The van der Waals surface area contributed by atoms with Crippen molar-refractivity contribution in [1.82, 2.24) is 19.4 Å². The summed E-state index contributed by atoms with van der Waals surface area (Å²) in [5.41, 5.74) is 2.13. The molecule has 2 aromatic rings. The first-order chi connectivity index (χ1) is 14.3. The standard InChI is InChI=1S/C24H34N4O2/c1-16(2)13-26-15-18(12-22(26)29)24(30)27-11-7-10-21(27)23-25-19-8-5-6-9-20(19)28(23)14-17(3)4/h5-6,8-9,16-18,21H,7,10-15H2,1-4H3/t18?,21-/m0/s1. The molecule has 3 heterocycles. The molecular weight excluding hydrogens is 376 g/mol. The van der Waals surface area contributed by atoms with Gasteiger partial charge in [0.2, 0.25) is 11.8 Å². The van der Waals surface area contributed by atoms with E-state index < -0.39 is 0 Å². The average Bonchev–Trinajstić information content (AvgIpc) is 3.39. The van der Waals surface area contributed by atoms with Gasteiger partial charge in [0.1, 0.15) is 5.82 Å². The molecule has 162 valence electrons. The minimum absolute atomic E-state index is 0.00194. The number of hydrogen-bond donors (Lipinski definition) is 0. The van der Waals surface area contributed by atoms with Crippen molar-refractivity contribution in [2.24, 2.45) is 17.8 Å². The minimum atomic E-state index is -0.222. The second kappa shape index (κ2) is 8.40. The van der Waals surface area contributed by atoms with Crippen LogP contribution in [0.15, 0.2) is 24.3 Å². The van der Waals surface area contributed by atoms with Crippen LogP contribution in [0.3, 0.4) is 0 Å². The molecule has 0 radical (unpaired) electrons. The third-order valence-corrected chi connectivity index (χ3v) is 6.21. The lowest BCUT2D eigenvalue weighted by atomic mass is 10.1. The van der Waals surface area contributed by atoms with Crippen molar-refractivity contribution in [3.63, 3.8) is 0 Å². The molecule has 2 atom stereocenters. The van der Waals surface area contributed by atoms with Crippen LogP contribution in [-0.2, 0) is 16.1 Å². The van der Waals surface area contributed by atoms with Crippen LogP contribution in [-0.4, -0.2) is 50.8 Å². The zero-order valence-electron chi connectivity index (χ0n) is 18.7. The van der Waals surface area contributed by atoms with Gasteiger partial charge in [-0.2, -0.15) is 0 Å². The number of para-hydroxylation sites is 2. The first-order valence-corrected chi connectivity index (χ1v) is 11.4. The summed E-state index contributed by atoms with van der Waals surface area (Å²) in [6.45, 7) is 11.6. The molecule has 2 aliphatic rings. The summed E-state index contributed by atoms with van der Waals surface area (Å²) in [5.74, 6) is 1.92. The molecule has 2 saturated heterocycles. The van der Waals surface area contributed by atoms with Crippen LogP contribution in [0.4, 0.5) is 0 Å². The highest BCUT2D eigenvalue weighted by atomic mass is 16.2. The van der Waals surface area contributed by atoms with Gasteiger partial charge in [-0.3, -0.25) is 9.59 Å². The molecule has 0 bridgehead atoms. The Hall–Kier alpha value is -2.37. The van der Waals surface area contributed by atoms with Crippen molar-refractivity contribution in [2.45, 2.75) is 59.5 Å². The minimum Gasteiger partial charge on any atom is -0.342 e. The van der Waals surface area contributed by atoms with Gasteiger partial charge in [0, 0.05) is 32.6 Å². The Bertz CT molecular complexity index is 932. The summed E-state index contributed by atoms with van der Waals surface area (Å²) in [6, 6.07) is 8.24. The first kappa shape index (κ1) is 20.9. The molecule has 2 amide bonds. The van der Waals surface area contributed by atoms with Gasteiger partial charge in [-0.15, -0.1) is 0 Å².